The number of anilines is 1. The molecule has 1 aliphatic heterocycles. The molecule has 4 N–H and O–H groups in total. The maximum atomic E-state index is 12.0. The Hall–Kier alpha value is -2.18. The molecule has 1 amide bonds. The summed E-state index contributed by atoms with van der Waals surface area (Å²) in [5, 5.41) is 9.43. The number of guanidine groups is 1. The fourth-order valence-electron chi connectivity index (χ4n) is 3.31. The van der Waals surface area contributed by atoms with Gasteiger partial charge in [-0.25, -0.2) is 18.1 Å². The first-order valence-electron chi connectivity index (χ1n) is 9.86. The molecule has 0 radical (unpaired) electrons. The lowest BCUT2D eigenvalue weighted by atomic mass is 9.90. The zero-order chi connectivity index (χ0) is 21.6. The molecule has 8 nitrogen and oxygen atoms in total. The fourth-order valence-corrected chi connectivity index (χ4v) is 4.04. The zero-order valence-corrected chi connectivity index (χ0v) is 20.7. The second kappa shape index (κ2) is 11.4. The van der Waals surface area contributed by atoms with E-state index in [1.54, 1.807) is 24.3 Å². The molecule has 2 aromatic rings. The number of carbonyl (C=O) groups excluding carboxylic acids is 1. The van der Waals surface area contributed by atoms with Crippen LogP contribution in [0.4, 0.5) is 5.69 Å². The van der Waals surface area contributed by atoms with Gasteiger partial charge in [-0.3, -0.25) is 4.79 Å². The maximum absolute atomic E-state index is 12.0. The van der Waals surface area contributed by atoms with Crippen LogP contribution in [-0.2, 0) is 21.4 Å². The van der Waals surface area contributed by atoms with Gasteiger partial charge in [-0.1, -0.05) is 30.3 Å². The molecule has 1 atom stereocenters. The van der Waals surface area contributed by atoms with Gasteiger partial charge in [-0.15, -0.1) is 24.0 Å². The predicted molar refractivity (Wildman–Crippen MR) is 133 cm³/mol. The van der Waals surface area contributed by atoms with Crippen LogP contribution in [0.25, 0.3) is 0 Å². The quantitative estimate of drug-likeness (QED) is 0.238. The first kappa shape index (κ1) is 25.1. The van der Waals surface area contributed by atoms with Crippen LogP contribution in [0.3, 0.4) is 0 Å². The molecule has 168 valence electrons. The van der Waals surface area contributed by atoms with E-state index in [0.29, 0.717) is 32.0 Å². The maximum Gasteiger partial charge on any atom is 0.240 e. The van der Waals surface area contributed by atoms with Crippen LogP contribution in [0.15, 0.2) is 58.4 Å². The van der Waals surface area contributed by atoms with Crippen LogP contribution in [0.1, 0.15) is 30.4 Å². The number of fused-ring (bicyclic) bond motifs is 1. The van der Waals surface area contributed by atoms with Gasteiger partial charge in [-0.2, -0.15) is 0 Å². The van der Waals surface area contributed by atoms with Gasteiger partial charge in [0.25, 0.3) is 0 Å². The van der Waals surface area contributed by atoms with Crippen molar-refractivity contribution < 1.29 is 13.2 Å². The third-order valence-corrected chi connectivity index (χ3v) is 6.32. The van der Waals surface area contributed by atoms with Gasteiger partial charge in [0.15, 0.2) is 5.96 Å². The summed E-state index contributed by atoms with van der Waals surface area (Å²) < 4.78 is 25.9. The molecule has 0 aliphatic carbocycles. The Morgan fingerprint density at radius 2 is 1.84 bits per heavy atom. The molecular formula is C21H28IN5O3S. The standard InChI is InChI=1S/C21H27N5O3S.HI/c1-3-23-21(24-13-15-8-10-17(11-9-15)30(28,29)22-2)25-14-16-12-20(27)26-19-7-5-4-6-18(16)19;/h4-11,16,22H,3,12-14H2,1-2H3,(H,26,27)(H2,23,24,25);1H. The van der Waals surface area contributed by atoms with Gasteiger partial charge >= 0.3 is 0 Å². The molecule has 0 bridgehead atoms. The number of amides is 1. The lowest BCUT2D eigenvalue weighted by molar-refractivity contribution is -0.116. The highest BCUT2D eigenvalue weighted by atomic mass is 127. The van der Waals surface area contributed by atoms with Crippen molar-refractivity contribution in [3.8, 4) is 0 Å². The molecular weight excluding hydrogens is 529 g/mol. The number of hydrogen-bond donors (Lipinski definition) is 4. The van der Waals surface area contributed by atoms with Crippen LogP contribution in [-0.4, -0.2) is 40.4 Å². The van der Waals surface area contributed by atoms with Gasteiger partial charge in [0.2, 0.25) is 15.9 Å². The number of sulfonamides is 1. The molecule has 1 aliphatic rings. The van der Waals surface area contributed by atoms with Crippen molar-refractivity contribution in [2.45, 2.75) is 30.7 Å². The molecule has 0 spiro atoms. The fraction of sp³-hybridized carbons (Fsp3) is 0.333. The Morgan fingerprint density at radius 1 is 1.13 bits per heavy atom. The van der Waals surface area contributed by atoms with Gasteiger partial charge in [0, 0.05) is 31.1 Å². The van der Waals surface area contributed by atoms with E-state index in [0.717, 1.165) is 16.8 Å². The van der Waals surface area contributed by atoms with E-state index < -0.39 is 10.0 Å². The molecule has 1 unspecified atom stereocenters. The molecule has 1 heterocycles. The lowest BCUT2D eigenvalue weighted by Gasteiger charge is -2.26. The Labute approximate surface area is 200 Å². The Kier molecular flexibility index (Phi) is 9.26. The molecule has 0 fully saturated rings. The molecule has 3 rings (SSSR count). The number of para-hydroxylation sites is 1. The number of carbonyl (C=O) groups is 1. The van der Waals surface area contributed by atoms with Crippen molar-refractivity contribution in [1.29, 1.82) is 0 Å². The van der Waals surface area contributed by atoms with E-state index in [-0.39, 0.29) is 40.7 Å². The van der Waals surface area contributed by atoms with Crippen molar-refractivity contribution in [3.63, 3.8) is 0 Å². The smallest absolute Gasteiger partial charge is 0.240 e. The number of hydrogen-bond acceptors (Lipinski definition) is 4. The third kappa shape index (κ3) is 6.65. The minimum atomic E-state index is -3.45. The summed E-state index contributed by atoms with van der Waals surface area (Å²) in [5.74, 6) is 0.719. The van der Waals surface area contributed by atoms with Crippen LogP contribution in [0.5, 0.6) is 0 Å². The van der Waals surface area contributed by atoms with E-state index in [1.807, 2.05) is 31.2 Å². The normalized spacial score (nSPS) is 16.0. The van der Waals surface area contributed by atoms with Gasteiger partial charge in [-0.05, 0) is 43.3 Å². The lowest BCUT2D eigenvalue weighted by Crippen LogP contribution is -2.40. The Balaban J connectivity index is 0.00000341. The molecule has 31 heavy (non-hydrogen) atoms. The van der Waals surface area contributed by atoms with Crippen LogP contribution in [0.2, 0.25) is 0 Å². The van der Waals surface area contributed by atoms with Crippen LogP contribution >= 0.6 is 24.0 Å². The highest BCUT2D eigenvalue weighted by Gasteiger charge is 2.24. The molecule has 0 saturated heterocycles. The number of rotatable bonds is 7. The average Bonchev–Trinajstić information content (AvgIpc) is 2.75. The summed E-state index contributed by atoms with van der Waals surface area (Å²) in [4.78, 5) is 16.8. The summed E-state index contributed by atoms with van der Waals surface area (Å²) in [6, 6.07) is 14.5. The first-order chi connectivity index (χ1) is 14.4. The van der Waals surface area contributed by atoms with Crippen molar-refractivity contribution in [2.75, 3.05) is 25.5 Å². The van der Waals surface area contributed by atoms with E-state index >= 15 is 0 Å². The van der Waals surface area contributed by atoms with E-state index in [1.165, 1.54) is 7.05 Å². The monoisotopic (exact) mass is 557 g/mol. The molecule has 10 heteroatoms. The number of benzene rings is 2. The summed E-state index contributed by atoms with van der Waals surface area (Å²) >= 11 is 0. The van der Waals surface area contributed by atoms with Crippen LogP contribution in [0, 0.1) is 0 Å². The van der Waals surface area contributed by atoms with Gasteiger partial charge in [0.1, 0.15) is 0 Å². The van der Waals surface area contributed by atoms with Crippen molar-refractivity contribution in [2.24, 2.45) is 4.99 Å². The summed E-state index contributed by atoms with van der Waals surface area (Å²) in [7, 11) is -2.06. The summed E-state index contributed by atoms with van der Waals surface area (Å²) in [6.45, 7) is 3.66. The number of nitrogens with zero attached hydrogens (tertiary/aromatic N) is 1. The predicted octanol–water partition coefficient (Wildman–Crippen LogP) is 2.39. The highest BCUT2D eigenvalue weighted by molar-refractivity contribution is 14.0. The minimum absolute atomic E-state index is 0. The number of aliphatic imine (C=N–C) groups is 1. The van der Waals surface area contributed by atoms with E-state index in [2.05, 4.69) is 25.7 Å². The van der Waals surface area contributed by atoms with Crippen LogP contribution < -0.4 is 20.7 Å². The average molecular weight is 557 g/mol. The van der Waals surface area contributed by atoms with E-state index in [9.17, 15) is 13.2 Å². The van der Waals surface area contributed by atoms with Gasteiger partial charge in [0.05, 0.1) is 11.4 Å². The SMILES string of the molecule is CCNC(=NCc1ccc(S(=O)(=O)NC)cc1)NCC1CC(=O)Nc2ccccc21.I. The summed E-state index contributed by atoms with van der Waals surface area (Å²) in [6.07, 6.45) is 0.421. The van der Waals surface area contributed by atoms with Crippen molar-refractivity contribution >= 4 is 51.6 Å². The molecule has 0 saturated carbocycles. The first-order valence-corrected chi connectivity index (χ1v) is 11.3. The second-order valence-corrected chi connectivity index (χ2v) is 8.85. The van der Waals surface area contributed by atoms with Crippen molar-refractivity contribution in [3.05, 3.63) is 59.7 Å². The number of nitrogens with one attached hydrogen (secondary N) is 4. The molecule has 2 aromatic carbocycles. The third-order valence-electron chi connectivity index (χ3n) is 4.89. The Morgan fingerprint density at radius 3 is 2.52 bits per heavy atom. The molecule has 0 aromatic heterocycles. The Bertz CT molecular complexity index is 1030. The van der Waals surface area contributed by atoms with E-state index in [4.69, 9.17) is 0 Å². The largest absolute Gasteiger partial charge is 0.357 e. The topological polar surface area (TPSA) is 112 Å². The summed E-state index contributed by atoms with van der Waals surface area (Å²) in [5.41, 5.74) is 2.87. The number of halogens is 1. The van der Waals surface area contributed by atoms with Gasteiger partial charge < -0.3 is 16.0 Å². The minimum Gasteiger partial charge on any atom is -0.357 e. The zero-order valence-electron chi connectivity index (χ0n) is 17.5. The van der Waals surface area contributed by atoms with Crippen molar-refractivity contribution in [1.82, 2.24) is 15.4 Å². The highest BCUT2D eigenvalue weighted by Crippen LogP contribution is 2.31. The second-order valence-electron chi connectivity index (χ2n) is 6.96.